The number of aryl methyl sites for hydroxylation is 1. The van der Waals surface area contributed by atoms with Crippen LogP contribution in [0.3, 0.4) is 0 Å². The molecule has 1 aromatic carbocycles. The average Bonchev–Trinajstić information content (AvgIpc) is 3.10. The fourth-order valence-electron chi connectivity index (χ4n) is 4.05. The molecule has 2 heterocycles. The van der Waals surface area contributed by atoms with Crippen LogP contribution in [0.25, 0.3) is 0 Å². The number of nitrogens with zero attached hydrogens (tertiary/aromatic N) is 1. The Morgan fingerprint density at radius 2 is 1.87 bits per heavy atom. The van der Waals surface area contributed by atoms with Crippen LogP contribution in [-0.4, -0.2) is 34.2 Å². The number of pyridine rings is 1. The van der Waals surface area contributed by atoms with Gasteiger partial charge in [0.2, 0.25) is 0 Å². The Bertz CT molecular complexity index is 980. The summed E-state index contributed by atoms with van der Waals surface area (Å²) in [6.45, 7) is 2.33. The lowest BCUT2D eigenvalue weighted by atomic mass is 9.90. The molecule has 1 aromatic heterocycles. The van der Waals surface area contributed by atoms with E-state index in [2.05, 4.69) is 26.3 Å². The van der Waals surface area contributed by atoms with E-state index in [-0.39, 0.29) is 18.0 Å². The van der Waals surface area contributed by atoms with Crippen molar-refractivity contribution in [2.45, 2.75) is 51.2 Å². The van der Waals surface area contributed by atoms with Crippen LogP contribution in [0.1, 0.15) is 47.2 Å². The molecule has 1 aliphatic heterocycles. The number of hydrogen-bond acceptors (Lipinski definition) is 5. The number of nitrogens with one attached hydrogen (secondary N) is 4. The minimum atomic E-state index is -1.04. The number of carboxylic acid groups (broad SMARTS) is 1. The van der Waals surface area contributed by atoms with Crippen molar-refractivity contribution in [3.8, 4) is 0 Å². The van der Waals surface area contributed by atoms with E-state index in [0.29, 0.717) is 34.3 Å². The molecule has 2 aromatic rings. The van der Waals surface area contributed by atoms with Gasteiger partial charge in [0.1, 0.15) is 11.6 Å². The largest absolute Gasteiger partial charge is 0.465 e. The standard InChI is InChI=1S/C21H24ClN5O3/c1-11-6-8-12(9-7-11)24-18-16-13(10-23-20(16)28)17(22)19(27-18)25-14-4-2-3-5-15(14)26-21(29)30/h6-9,14-15,26H,2-5,10H2,1H3,(H,23,28)(H,29,30)(H2,24,25,27)/t14-,15+/m1/s1. The topological polar surface area (TPSA) is 115 Å². The third-order valence-electron chi connectivity index (χ3n) is 5.60. The average molecular weight is 430 g/mol. The third kappa shape index (κ3) is 4.14. The molecule has 0 saturated heterocycles. The Hall–Kier alpha value is -3.00. The van der Waals surface area contributed by atoms with Gasteiger partial charge in [-0.25, -0.2) is 9.78 Å². The van der Waals surface area contributed by atoms with Crippen molar-refractivity contribution in [2.24, 2.45) is 0 Å². The zero-order chi connectivity index (χ0) is 21.3. The molecule has 2 amide bonds. The second-order valence-electron chi connectivity index (χ2n) is 7.74. The summed E-state index contributed by atoms with van der Waals surface area (Å²) in [4.78, 5) is 28.2. The van der Waals surface area contributed by atoms with Crippen molar-refractivity contribution < 1.29 is 14.7 Å². The van der Waals surface area contributed by atoms with E-state index < -0.39 is 6.09 Å². The van der Waals surface area contributed by atoms with Crippen molar-refractivity contribution in [3.63, 3.8) is 0 Å². The highest BCUT2D eigenvalue weighted by molar-refractivity contribution is 6.34. The SMILES string of the molecule is Cc1ccc(Nc2nc(N[C@@H]3CCCC[C@@H]3NC(=O)O)c(Cl)c3c2C(=O)NC3)cc1. The molecule has 0 spiro atoms. The number of aromatic nitrogens is 1. The quantitative estimate of drug-likeness (QED) is 0.490. The summed E-state index contributed by atoms with van der Waals surface area (Å²) >= 11 is 6.61. The van der Waals surface area contributed by atoms with Gasteiger partial charge in [-0.2, -0.15) is 0 Å². The van der Waals surface area contributed by atoms with Crippen LogP contribution in [0.5, 0.6) is 0 Å². The lowest BCUT2D eigenvalue weighted by molar-refractivity contribution is 0.0966. The van der Waals surface area contributed by atoms with Gasteiger partial charge in [-0.1, -0.05) is 42.1 Å². The molecule has 0 bridgehead atoms. The van der Waals surface area contributed by atoms with Crippen LogP contribution >= 0.6 is 11.6 Å². The van der Waals surface area contributed by atoms with Crippen molar-refractivity contribution in [2.75, 3.05) is 10.6 Å². The molecule has 5 N–H and O–H groups in total. The number of rotatable bonds is 5. The summed E-state index contributed by atoms with van der Waals surface area (Å²) in [6, 6.07) is 7.44. The number of amides is 2. The number of carbonyl (C=O) groups is 2. The molecule has 0 radical (unpaired) electrons. The highest BCUT2D eigenvalue weighted by atomic mass is 35.5. The highest BCUT2D eigenvalue weighted by Gasteiger charge is 2.32. The summed E-state index contributed by atoms with van der Waals surface area (Å²) in [5, 5.41) is 21.5. The first kappa shape index (κ1) is 20.3. The number of benzene rings is 1. The molecule has 4 rings (SSSR count). The summed E-state index contributed by atoms with van der Waals surface area (Å²) in [5.74, 6) is 0.656. The number of hydrogen-bond donors (Lipinski definition) is 5. The number of halogens is 1. The van der Waals surface area contributed by atoms with E-state index in [9.17, 15) is 9.59 Å². The van der Waals surface area contributed by atoms with Gasteiger partial charge in [0.25, 0.3) is 5.91 Å². The molecule has 2 aliphatic rings. The summed E-state index contributed by atoms with van der Waals surface area (Å²) in [5.41, 5.74) is 3.07. The zero-order valence-corrected chi connectivity index (χ0v) is 17.3. The van der Waals surface area contributed by atoms with Gasteiger partial charge in [0.05, 0.1) is 16.6 Å². The van der Waals surface area contributed by atoms with Crippen LogP contribution in [0.2, 0.25) is 5.02 Å². The van der Waals surface area contributed by atoms with E-state index in [1.54, 1.807) is 0 Å². The number of fused-ring (bicyclic) bond motifs is 1. The summed E-state index contributed by atoms with van der Waals surface area (Å²) in [7, 11) is 0. The Kier molecular flexibility index (Phi) is 5.67. The maximum absolute atomic E-state index is 12.4. The molecule has 1 saturated carbocycles. The molecular weight excluding hydrogens is 406 g/mol. The predicted molar refractivity (Wildman–Crippen MR) is 116 cm³/mol. The van der Waals surface area contributed by atoms with E-state index >= 15 is 0 Å². The Labute approximate surface area is 179 Å². The maximum atomic E-state index is 12.4. The minimum Gasteiger partial charge on any atom is -0.465 e. The second-order valence-corrected chi connectivity index (χ2v) is 8.12. The van der Waals surface area contributed by atoms with Crippen LogP contribution in [0.15, 0.2) is 24.3 Å². The molecule has 0 unspecified atom stereocenters. The molecule has 158 valence electrons. The van der Waals surface area contributed by atoms with E-state index in [1.807, 2.05) is 31.2 Å². The van der Waals surface area contributed by atoms with Gasteiger partial charge < -0.3 is 26.4 Å². The van der Waals surface area contributed by atoms with E-state index in [1.165, 1.54) is 0 Å². The normalized spacial score (nSPS) is 20.3. The van der Waals surface area contributed by atoms with Crippen molar-refractivity contribution in [3.05, 3.63) is 46.0 Å². The Morgan fingerprint density at radius 3 is 2.57 bits per heavy atom. The van der Waals surface area contributed by atoms with Crippen LogP contribution < -0.4 is 21.3 Å². The van der Waals surface area contributed by atoms with Crippen LogP contribution in [0.4, 0.5) is 22.1 Å². The van der Waals surface area contributed by atoms with Crippen molar-refractivity contribution in [1.82, 2.24) is 15.6 Å². The highest BCUT2D eigenvalue weighted by Crippen LogP contribution is 2.36. The molecule has 1 aliphatic carbocycles. The van der Waals surface area contributed by atoms with Gasteiger partial charge in [-0.3, -0.25) is 4.79 Å². The van der Waals surface area contributed by atoms with Gasteiger partial charge in [-0.15, -0.1) is 0 Å². The first-order valence-electron chi connectivity index (χ1n) is 10.0. The third-order valence-corrected chi connectivity index (χ3v) is 6.01. The smallest absolute Gasteiger partial charge is 0.404 e. The van der Waals surface area contributed by atoms with Crippen molar-refractivity contribution >= 4 is 40.9 Å². The van der Waals surface area contributed by atoms with Crippen molar-refractivity contribution in [1.29, 1.82) is 0 Å². The lowest BCUT2D eigenvalue weighted by Crippen LogP contribution is -2.48. The molecule has 8 nitrogen and oxygen atoms in total. The number of carbonyl (C=O) groups excluding carboxylic acids is 1. The van der Waals surface area contributed by atoms with E-state index in [0.717, 1.165) is 36.9 Å². The molecule has 2 atom stereocenters. The lowest BCUT2D eigenvalue weighted by Gasteiger charge is -2.32. The monoisotopic (exact) mass is 429 g/mol. The fraction of sp³-hybridized carbons (Fsp3) is 0.381. The maximum Gasteiger partial charge on any atom is 0.404 e. The van der Waals surface area contributed by atoms with Crippen LogP contribution in [0, 0.1) is 6.92 Å². The first-order chi connectivity index (χ1) is 14.4. The zero-order valence-electron chi connectivity index (χ0n) is 16.6. The van der Waals surface area contributed by atoms with Gasteiger partial charge in [0, 0.05) is 23.8 Å². The van der Waals surface area contributed by atoms with Gasteiger partial charge in [-0.05, 0) is 31.9 Å². The van der Waals surface area contributed by atoms with Gasteiger partial charge >= 0.3 is 6.09 Å². The summed E-state index contributed by atoms with van der Waals surface area (Å²) in [6.07, 6.45) is 2.47. The van der Waals surface area contributed by atoms with E-state index in [4.69, 9.17) is 16.7 Å². The van der Waals surface area contributed by atoms with Crippen LogP contribution in [-0.2, 0) is 6.54 Å². The summed E-state index contributed by atoms with van der Waals surface area (Å²) < 4.78 is 0. The molecular formula is C21H24ClN5O3. The minimum absolute atomic E-state index is 0.129. The Morgan fingerprint density at radius 1 is 1.17 bits per heavy atom. The second kappa shape index (κ2) is 8.39. The number of anilines is 3. The Balaban J connectivity index is 1.67. The predicted octanol–water partition coefficient (Wildman–Crippen LogP) is 4.02. The molecule has 9 heteroatoms. The first-order valence-corrected chi connectivity index (χ1v) is 10.4. The molecule has 30 heavy (non-hydrogen) atoms. The fourth-order valence-corrected chi connectivity index (χ4v) is 4.31. The molecule has 1 fully saturated rings. The van der Waals surface area contributed by atoms with Gasteiger partial charge in [0.15, 0.2) is 0 Å².